The fourth-order valence-electron chi connectivity index (χ4n) is 3.91. The summed E-state index contributed by atoms with van der Waals surface area (Å²) in [7, 11) is -2.05. The third kappa shape index (κ3) is 5.42. The van der Waals surface area contributed by atoms with Gasteiger partial charge in [-0.2, -0.15) is 0 Å². The van der Waals surface area contributed by atoms with E-state index in [2.05, 4.69) is 17.1 Å². The van der Waals surface area contributed by atoms with Gasteiger partial charge in [-0.25, -0.2) is 8.42 Å². The molecule has 2 heterocycles. The van der Waals surface area contributed by atoms with Crippen LogP contribution in [0.25, 0.3) is 0 Å². The number of carbonyl (C=O) groups excluding carboxylic acids is 1. The van der Waals surface area contributed by atoms with Crippen molar-refractivity contribution in [1.29, 1.82) is 0 Å². The van der Waals surface area contributed by atoms with Gasteiger partial charge in [-0.05, 0) is 67.9 Å². The summed E-state index contributed by atoms with van der Waals surface area (Å²) in [6.45, 7) is 5.07. The summed E-state index contributed by atoms with van der Waals surface area (Å²) >= 11 is 1.19. The molecule has 1 fully saturated rings. The summed E-state index contributed by atoms with van der Waals surface area (Å²) in [5.74, 6) is -0.129. The van der Waals surface area contributed by atoms with Gasteiger partial charge in [0.1, 0.15) is 4.21 Å². The first-order valence-electron chi connectivity index (χ1n) is 10.6. The van der Waals surface area contributed by atoms with Crippen LogP contribution in [-0.4, -0.2) is 51.9 Å². The Morgan fingerprint density at radius 1 is 1.23 bits per heavy atom. The number of benzene rings is 1. The Balaban J connectivity index is 1.50. The van der Waals surface area contributed by atoms with Crippen LogP contribution in [0.15, 0.2) is 46.0 Å². The highest BCUT2D eigenvalue weighted by atomic mass is 32.2. The number of rotatable bonds is 9. The third-order valence-electron chi connectivity index (χ3n) is 5.73. The van der Waals surface area contributed by atoms with Crippen LogP contribution in [0.3, 0.4) is 0 Å². The molecule has 2 aromatic rings. The van der Waals surface area contributed by atoms with Gasteiger partial charge in [-0.15, -0.1) is 11.3 Å². The summed E-state index contributed by atoms with van der Waals surface area (Å²) in [6.07, 6.45) is 6.00. The maximum absolute atomic E-state index is 12.6. The number of thiophene rings is 1. The van der Waals surface area contributed by atoms with Crippen molar-refractivity contribution in [2.24, 2.45) is 0 Å². The van der Waals surface area contributed by atoms with Crippen LogP contribution in [0, 0.1) is 0 Å². The Morgan fingerprint density at radius 2 is 2.00 bits per heavy atom. The maximum Gasteiger partial charge on any atom is 0.273 e. The quantitative estimate of drug-likeness (QED) is 0.589. The second-order valence-corrected chi connectivity index (χ2v) is 10.8. The molecule has 3 rings (SSSR count). The molecule has 1 N–H and O–H groups in total. The number of nitrogens with one attached hydrogen (secondary N) is 1. The lowest BCUT2D eigenvalue weighted by Crippen LogP contribution is -2.40. The Kier molecular flexibility index (Phi) is 7.91. The molecule has 1 aliphatic rings. The van der Waals surface area contributed by atoms with Gasteiger partial charge in [0.25, 0.3) is 15.9 Å². The number of hydrogen-bond acceptors (Lipinski definition) is 5. The summed E-state index contributed by atoms with van der Waals surface area (Å²) in [6, 6.07) is 10.7. The molecule has 1 amide bonds. The average molecular weight is 450 g/mol. The van der Waals surface area contributed by atoms with Crippen LogP contribution in [0.5, 0.6) is 0 Å². The van der Waals surface area contributed by atoms with Crippen molar-refractivity contribution in [3.05, 3.63) is 47.3 Å². The van der Waals surface area contributed by atoms with Crippen molar-refractivity contribution in [2.45, 2.75) is 49.3 Å². The molecule has 1 aliphatic heterocycles. The monoisotopic (exact) mass is 449 g/mol. The van der Waals surface area contributed by atoms with Gasteiger partial charge in [0.05, 0.1) is 5.69 Å². The van der Waals surface area contributed by atoms with E-state index in [4.69, 9.17) is 0 Å². The highest BCUT2D eigenvalue weighted by Crippen LogP contribution is 2.25. The van der Waals surface area contributed by atoms with E-state index >= 15 is 0 Å². The topological polar surface area (TPSA) is 69.7 Å². The first kappa shape index (κ1) is 22.8. The molecular weight excluding hydrogens is 418 g/mol. The molecule has 1 saturated heterocycles. The molecule has 0 saturated carbocycles. The minimum absolute atomic E-state index is 0.129. The number of piperidine rings is 1. The lowest BCUT2D eigenvalue weighted by atomic mass is 10.00. The molecule has 8 heteroatoms. The van der Waals surface area contributed by atoms with E-state index < -0.39 is 10.0 Å². The average Bonchev–Trinajstić information content (AvgIpc) is 3.32. The first-order chi connectivity index (χ1) is 14.4. The minimum atomic E-state index is -3.57. The van der Waals surface area contributed by atoms with Crippen LogP contribution in [0.1, 0.15) is 49.4 Å². The zero-order valence-electron chi connectivity index (χ0n) is 17.7. The van der Waals surface area contributed by atoms with E-state index in [0.29, 0.717) is 28.0 Å². The first-order valence-corrected chi connectivity index (χ1v) is 12.9. The molecule has 0 spiro atoms. The highest BCUT2D eigenvalue weighted by molar-refractivity contribution is 7.94. The SMILES string of the molecule is CCC1CCCCN1CCCNC(=O)c1ccc(N(C)S(=O)(=O)c2cccs2)cc1. The molecule has 30 heavy (non-hydrogen) atoms. The predicted octanol–water partition coefficient (Wildman–Crippen LogP) is 3.96. The molecule has 1 unspecified atom stereocenters. The lowest BCUT2D eigenvalue weighted by molar-refractivity contribution is 0.0947. The van der Waals surface area contributed by atoms with E-state index in [9.17, 15) is 13.2 Å². The molecule has 6 nitrogen and oxygen atoms in total. The van der Waals surface area contributed by atoms with Gasteiger partial charge < -0.3 is 10.2 Å². The molecule has 0 bridgehead atoms. The zero-order valence-corrected chi connectivity index (χ0v) is 19.3. The molecule has 0 aliphatic carbocycles. The second kappa shape index (κ2) is 10.4. The van der Waals surface area contributed by atoms with E-state index in [0.717, 1.165) is 19.5 Å². The largest absolute Gasteiger partial charge is 0.352 e. The normalized spacial score (nSPS) is 17.6. The summed E-state index contributed by atoms with van der Waals surface area (Å²) in [4.78, 5) is 15.0. The third-order valence-corrected chi connectivity index (χ3v) is 8.89. The Morgan fingerprint density at radius 3 is 2.67 bits per heavy atom. The van der Waals surface area contributed by atoms with Crippen molar-refractivity contribution in [1.82, 2.24) is 10.2 Å². The smallest absolute Gasteiger partial charge is 0.273 e. The van der Waals surface area contributed by atoms with E-state index in [1.807, 2.05) is 0 Å². The molecule has 1 aromatic carbocycles. The highest BCUT2D eigenvalue weighted by Gasteiger charge is 2.22. The number of anilines is 1. The molecular formula is C22H31N3O3S2. The zero-order chi connectivity index (χ0) is 21.6. The van der Waals surface area contributed by atoms with Gasteiger partial charge in [-0.3, -0.25) is 9.10 Å². The van der Waals surface area contributed by atoms with Crippen molar-refractivity contribution in [3.8, 4) is 0 Å². The lowest BCUT2D eigenvalue weighted by Gasteiger charge is -2.35. The molecule has 1 atom stereocenters. The molecule has 0 radical (unpaired) electrons. The fourth-order valence-corrected chi connectivity index (χ4v) is 6.27. The number of hydrogen-bond donors (Lipinski definition) is 1. The predicted molar refractivity (Wildman–Crippen MR) is 123 cm³/mol. The van der Waals surface area contributed by atoms with Gasteiger partial charge in [-0.1, -0.05) is 19.4 Å². The van der Waals surface area contributed by atoms with Gasteiger partial charge in [0.2, 0.25) is 0 Å². The summed E-state index contributed by atoms with van der Waals surface area (Å²) in [5, 5.41) is 4.71. The molecule has 1 aromatic heterocycles. The Bertz CT molecular complexity index is 912. The van der Waals surface area contributed by atoms with Crippen molar-refractivity contribution in [2.75, 3.05) is 31.0 Å². The Labute approximate surface area is 183 Å². The fraction of sp³-hybridized carbons (Fsp3) is 0.500. The van der Waals surface area contributed by atoms with Crippen molar-refractivity contribution >= 4 is 33.0 Å². The molecule has 164 valence electrons. The number of nitrogens with zero attached hydrogens (tertiary/aromatic N) is 2. The van der Waals surface area contributed by atoms with Gasteiger partial charge >= 0.3 is 0 Å². The Hall–Kier alpha value is -1.90. The van der Waals surface area contributed by atoms with Crippen LogP contribution in [0.4, 0.5) is 5.69 Å². The summed E-state index contributed by atoms with van der Waals surface area (Å²) in [5.41, 5.74) is 1.06. The van der Waals surface area contributed by atoms with Crippen molar-refractivity contribution in [3.63, 3.8) is 0 Å². The standard InChI is InChI=1S/C22H31N3O3S2/c1-3-19-8-4-5-15-25(19)16-7-14-23-22(26)18-10-12-20(13-11-18)24(2)30(27,28)21-9-6-17-29-21/h6,9-13,17,19H,3-5,7-8,14-16H2,1-2H3,(H,23,26). The summed E-state index contributed by atoms with van der Waals surface area (Å²) < 4.78 is 26.8. The number of carbonyl (C=O) groups is 1. The number of amides is 1. The van der Waals surface area contributed by atoms with Gasteiger partial charge in [0, 0.05) is 31.7 Å². The van der Waals surface area contributed by atoms with Crippen LogP contribution in [-0.2, 0) is 10.0 Å². The second-order valence-electron chi connectivity index (χ2n) is 7.65. The minimum Gasteiger partial charge on any atom is -0.352 e. The number of likely N-dealkylation sites (tertiary alicyclic amines) is 1. The van der Waals surface area contributed by atoms with E-state index in [1.54, 1.807) is 41.8 Å². The number of sulfonamides is 1. The van der Waals surface area contributed by atoms with E-state index in [1.165, 1.54) is 48.4 Å². The van der Waals surface area contributed by atoms with Crippen LogP contribution < -0.4 is 9.62 Å². The van der Waals surface area contributed by atoms with Crippen LogP contribution >= 0.6 is 11.3 Å². The maximum atomic E-state index is 12.6. The van der Waals surface area contributed by atoms with Crippen LogP contribution in [0.2, 0.25) is 0 Å². The van der Waals surface area contributed by atoms with Gasteiger partial charge in [0.15, 0.2) is 0 Å². The van der Waals surface area contributed by atoms with Crippen molar-refractivity contribution < 1.29 is 13.2 Å². The van der Waals surface area contributed by atoms with E-state index in [-0.39, 0.29) is 5.91 Å².